The Morgan fingerprint density at radius 1 is 0.969 bits per heavy atom. The number of hydrogen-bond acceptors (Lipinski definition) is 4. The van der Waals surface area contributed by atoms with Crippen LogP contribution in [0.15, 0.2) is 78.5 Å². The van der Waals surface area contributed by atoms with E-state index in [9.17, 15) is 14.0 Å². The molecular formula is C25H20ClFN2O3. The van der Waals surface area contributed by atoms with Crippen molar-refractivity contribution in [3.05, 3.63) is 100 Å². The molecule has 4 rings (SSSR count). The van der Waals surface area contributed by atoms with Crippen LogP contribution >= 0.6 is 11.6 Å². The molecule has 5 nitrogen and oxygen atoms in total. The summed E-state index contributed by atoms with van der Waals surface area (Å²) in [5.74, 6) is -0.773. The molecule has 0 atom stereocenters. The number of hydrogen-bond donors (Lipinski definition) is 1. The first kappa shape index (κ1) is 21.6. The van der Waals surface area contributed by atoms with Gasteiger partial charge in [0.25, 0.3) is 11.8 Å². The lowest BCUT2D eigenvalue weighted by Gasteiger charge is -2.16. The molecule has 1 heterocycles. The molecule has 0 radical (unpaired) electrons. The van der Waals surface area contributed by atoms with E-state index in [2.05, 4.69) is 5.32 Å². The van der Waals surface area contributed by atoms with E-state index in [1.165, 1.54) is 24.3 Å². The van der Waals surface area contributed by atoms with Crippen LogP contribution in [0.3, 0.4) is 0 Å². The van der Waals surface area contributed by atoms with Crippen molar-refractivity contribution >= 4 is 34.7 Å². The van der Waals surface area contributed by atoms with Crippen molar-refractivity contribution in [3.63, 3.8) is 0 Å². The van der Waals surface area contributed by atoms with E-state index in [4.69, 9.17) is 16.3 Å². The van der Waals surface area contributed by atoms with Gasteiger partial charge in [0.05, 0.1) is 18.7 Å². The lowest BCUT2D eigenvalue weighted by atomic mass is 10.0. The number of ether oxygens (including phenoxy) is 1. The molecule has 0 unspecified atom stereocenters. The van der Waals surface area contributed by atoms with Crippen molar-refractivity contribution in [3.8, 4) is 5.75 Å². The van der Waals surface area contributed by atoms with Crippen LogP contribution in [0, 0.1) is 5.82 Å². The van der Waals surface area contributed by atoms with Gasteiger partial charge in [0.15, 0.2) is 0 Å². The van der Waals surface area contributed by atoms with Gasteiger partial charge in [-0.25, -0.2) is 4.39 Å². The highest BCUT2D eigenvalue weighted by Gasteiger charge is 2.39. The topological polar surface area (TPSA) is 58.6 Å². The smallest absolute Gasteiger partial charge is 0.278 e. The monoisotopic (exact) mass is 450 g/mol. The number of nitrogens with one attached hydrogen (secondary N) is 1. The Hall–Kier alpha value is -3.64. The standard InChI is InChI=1S/C25H20ClFN2O3/c1-2-32-20-8-5-7-19(14-20)28-23-22(16-10-12-18(27)13-11-16)24(30)29(25(23)31)15-17-6-3-4-9-21(17)26/h3-14,28H,2,15H2,1H3. The molecule has 0 saturated carbocycles. The minimum absolute atomic E-state index is 0.0200. The second-order valence-corrected chi connectivity index (χ2v) is 7.54. The molecule has 3 aromatic carbocycles. The first-order chi connectivity index (χ1) is 15.5. The van der Waals surface area contributed by atoms with Crippen LogP contribution < -0.4 is 10.1 Å². The highest BCUT2D eigenvalue weighted by atomic mass is 35.5. The SMILES string of the molecule is CCOc1cccc(NC2=C(c3ccc(F)cc3)C(=O)N(Cc3ccccc3Cl)C2=O)c1. The number of halogens is 2. The van der Waals surface area contributed by atoms with Crippen molar-refractivity contribution in [1.29, 1.82) is 0 Å². The minimum Gasteiger partial charge on any atom is -0.494 e. The summed E-state index contributed by atoms with van der Waals surface area (Å²) in [5, 5.41) is 3.53. The predicted octanol–water partition coefficient (Wildman–Crippen LogP) is 5.27. The van der Waals surface area contributed by atoms with Gasteiger partial charge in [0.1, 0.15) is 17.3 Å². The van der Waals surface area contributed by atoms with Crippen LogP contribution in [0.2, 0.25) is 5.02 Å². The molecule has 1 N–H and O–H groups in total. The first-order valence-corrected chi connectivity index (χ1v) is 10.5. The van der Waals surface area contributed by atoms with Gasteiger partial charge < -0.3 is 10.1 Å². The van der Waals surface area contributed by atoms with Gasteiger partial charge >= 0.3 is 0 Å². The number of carbonyl (C=O) groups is 2. The van der Waals surface area contributed by atoms with Crippen molar-refractivity contribution in [1.82, 2.24) is 4.90 Å². The van der Waals surface area contributed by atoms with Crippen LogP contribution in [-0.4, -0.2) is 23.3 Å². The molecular weight excluding hydrogens is 431 g/mol. The summed E-state index contributed by atoms with van der Waals surface area (Å²) >= 11 is 6.25. The molecule has 0 bridgehead atoms. The van der Waals surface area contributed by atoms with Gasteiger partial charge in [0, 0.05) is 16.8 Å². The van der Waals surface area contributed by atoms with E-state index in [1.807, 2.05) is 6.92 Å². The number of benzene rings is 3. The fourth-order valence-corrected chi connectivity index (χ4v) is 3.69. The van der Waals surface area contributed by atoms with Crippen molar-refractivity contribution < 1.29 is 18.7 Å². The Kier molecular flexibility index (Phi) is 6.23. The van der Waals surface area contributed by atoms with E-state index in [0.717, 1.165) is 4.90 Å². The summed E-state index contributed by atoms with van der Waals surface area (Å²) in [6, 6.07) is 19.6. The normalized spacial score (nSPS) is 13.7. The van der Waals surface area contributed by atoms with Gasteiger partial charge in [-0.2, -0.15) is 0 Å². The Morgan fingerprint density at radius 3 is 2.44 bits per heavy atom. The maximum atomic E-state index is 13.5. The van der Waals surface area contributed by atoms with E-state index in [-0.39, 0.29) is 17.8 Å². The van der Waals surface area contributed by atoms with Gasteiger partial charge in [0.2, 0.25) is 0 Å². The summed E-state index contributed by atoms with van der Waals surface area (Å²) in [4.78, 5) is 27.8. The minimum atomic E-state index is -0.490. The molecule has 7 heteroatoms. The number of imide groups is 1. The van der Waals surface area contributed by atoms with Gasteiger partial charge in [-0.05, 0) is 48.4 Å². The molecule has 0 saturated heterocycles. The van der Waals surface area contributed by atoms with Gasteiger partial charge in [-0.1, -0.05) is 48.0 Å². The lowest BCUT2D eigenvalue weighted by Crippen LogP contribution is -2.32. The highest BCUT2D eigenvalue weighted by molar-refractivity contribution is 6.36. The zero-order valence-electron chi connectivity index (χ0n) is 17.3. The molecule has 162 valence electrons. The zero-order valence-corrected chi connectivity index (χ0v) is 18.0. The summed E-state index contributed by atoms with van der Waals surface area (Å²) in [5.41, 5.74) is 1.96. The van der Waals surface area contributed by atoms with Crippen LogP contribution in [0.25, 0.3) is 5.57 Å². The summed E-state index contributed by atoms with van der Waals surface area (Å²) in [6.45, 7) is 2.39. The van der Waals surface area contributed by atoms with E-state index >= 15 is 0 Å². The fraction of sp³-hybridized carbons (Fsp3) is 0.120. The average Bonchev–Trinajstić information content (AvgIpc) is 3.01. The maximum Gasteiger partial charge on any atom is 0.278 e. The largest absolute Gasteiger partial charge is 0.494 e. The Balaban J connectivity index is 1.73. The second-order valence-electron chi connectivity index (χ2n) is 7.13. The van der Waals surface area contributed by atoms with Crippen LogP contribution in [0.4, 0.5) is 10.1 Å². The number of anilines is 1. The molecule has 2 amide bonds. The molecule has 0 aliphatic carbocycles. The van der Waals surface area contributed by atoms with Crippen molar-refractivity contribution in [2.45, 2.75) is 13.5 Å². The molecule has 0 fully saturated rings. The second kappa shape index (κ2) is 9.24. The van der Waals surface area contributed by atoms with Crippen LogP contribution in [0.5, 0.6) is 5.75 Å². The van der Waals surface area contributed by atoms with Crippen molar-refractivity contribution in [2.24, 2.45) is 0 Å². The molecule has 0 spiro atoms. The van der Waals surface area contributed by atoms with E-state index in [0.29, 0.717) is 34.2 Å². The maximum absolute atomic E-state index is 13.5. The quantitative estimate of drug-likeness (QED) is 0.498. The molecule has 0 aromatic heterocycles. The fourth-order valence-electron chi connectivity index (χ4n) is 3.49. The Bertz CT molecular complexity index is 1210. The highest BCUT2D eigenvalue weighted by Crippen LogP contribution is 2.33. The molecule has 1 aliphatic heterocycles. The summed E-state index contributed by atoms with van der Waals surface area (Å²) < 4.78 is 19.0. The van der Waals surface area contributed by atoms with Gasteiger partial charge in [-0.15, -0.1) is 0 Å². The van der Waals surface area contributed by atoms with Gasteiger partial charge in [-0.3, -0.25) is 14.5 Å². The van der Waals surface area contributed by atoms with Crippen LogP contribution in [0.1, 0.15) is 18.1 Å². The number of nitrogens with zero attached hydrogens (tertiary/aromatic N) is 1. The molecule has 3 aromatic rings. The Labute approximate surface area is 190 Å². The number of rotatable bonds is 7. The number of carbonyl (C=O) groups excluding carboxylic acids is 2. The lowest BCUT2D eigenvalue weighted by molar-refractivity contribution is -0.137. The first-order valence-electron chi connectivity index (χ1n) is 10.1. The van der Waals surface area contributed by atoms with Crippen LogP contribution in [-0.2, 0) is 16.1 Å². The predicted molar refractivity (Wildman–Crippen MR) is 122 cm³/mol. The third kappa shape index (κ3) is 4.36. The summed E-state index contributed by atoms with van der Waals surface area (Å²) in [6.07, 6.45) is 0. The number of amides is 2. The third-order valence-electron chi connectivity index (χ3n) is 5.00. The summed E-state index contributed by atoms with van der Waals surface area (Å²) in [7, 11) is 0. The van der Waals surface area contributed by atoms with E-state index in [1.54, 1.807) is 48.5 Å². The Morgan fingerprint density at radius 2 is 1.72 bits per heavy atom. The molecule has 32 heavy (non-hydrogen) atoms. The average molecular weight is 451 g/mol. The third-order valence-corrected chi connectivity index (χ3v) is 5.37. The van der Waals surface area contributed by atoms with Crippen molar-refractivity contribution in [2.75, 3.05) is 11.9 Å². The zero-order chi connectivity index (χ0) is 22.7. The van der Waals surface area contributed by atoms with E-state index < -0.39 is 17.6 Å². The molecule has 1 aliphatic rings.